The third-order valence-electron chi connectivity index (χ3n) is 4.25. The number of carbonyl (C=O) groups is 2. The van der Waals surface area contributed by atoms with Crippen molar-refractivity contribution in [3.05, 3.63) is 0 Å². The molecule has 6 nitrogen and oxygen atoms in total. The Hall–Kier alpha value is -1.30. The Balaban J connectivity index is 2.43. The van der Waals surface area contributed by atoms with Gasteiger partial charge in [0.15, 0.2) is 0 Å². The van der Waals surface area contributed by atoms with Crippen LogP contribution in [0.4, 0.5) is 4.79 Å². The number of hydrogen-bond donors (Lipinski definition) is 3. The maximum atomic E-state index is 12.0. The van der Waals surface area contributed by atoms with Crippen molar-refractivity contribution in [3.63, 3.8) is 0 Å². The molecule has 0 bridgehead atoms. The Kier molecular flexibility index (Phi) is 6.45. The monoisotopic (exact) mass is 299 g/mol. The Bertz CT molecular complexity index is 365. The summed E-state index contributed by atoms with van der Waals surface area (Å²) in [6.45, 7) is 5.38. The number of rotatable bonds is 8. The average molecular weight is 299 g/mol. The molecule has 1 fully saturated rings. The third-order valence-corrected chi connectivity index (χ3v) is 4.25. The highest BCUT2D eigenvalue weighted by Crippen LogP contribution is 2.43. The van der Waals surface area contributed by atoms with Crippen LogP contribution in [-0.4, -0.2) is 55.2 Å². The number of carbonyl (C=O) groups excluding carboxylic acids is 1. The van der Waals surface area contributed by atoms with Crippen molar-refractivity contribution in [1.82, 2.24) is 15.5 Å². The summed E-state index contributed by atoms with van der Waals surface area (Å²) in [6.07, 6.45) is 2.94. The van der Waals surface area contributed by atoms with E-state index >= 15 is 0 Å². The maximum absolute atomic E-state index is 12.0. The highest BCUT2D eigenvalue weighted by molar-refractivity contribution is 5.74. The molecule has 2 amide bonds. The molecule has 122 valence electrons. The van der Waals surface area contributed by atoms with Crippen molar-refractivity contribution in [1.29, 1.82) is 0 Å². The van der Waals surface area contributed by atoms with E-state index in [4.69, 9.17) is 5.11 Å². The number of carboxylic acids is 1. The van der Waals surface area contributed by atoms with Crippen molar-refractivity contribution < 1.29 is 14.7 Å². The van der Waals surface area contributed by atoms with Crippen LogP contribution < -0.4 is 10.6 Å². The van der Waals surface area contributed by atoms with Crippen molar-refractivity contribution in [3.8, 4) is 0 Å². The van der Waals surface area contributed by atoms with Crippen LogP contribution in [0.1, 0.15) is 39.5 Å². The number of hydrogen-bond acceptors (Lipinski definition) is 3. The molecule has 1 saturated carbocycles. The minimum atomic E-state index is -0.787. The molecule has 0 aromatic heterocycles. The van der Waals surface area contributed by atoms with E-state index in [1.165, 1.54) is 0 Å². The zero-order valence-electron chi connectivity index (χ0n) is 13.6. The first-order valence-electron chi connectivity index (χ1n) is 7.65. The zero-order valence-corrected chi connectivity index (χ0v) is 13.6. The summed E-state index contributed by atoms with van der Waals surface area (Å²) in [6, 6.07) is -0.121. The number of nitrogens with zero attached hydrogens (tertiary/aromatic N) is 1. The summed E-state index contributed by atoms with van der Waals surface area (Å²) in [5.74, 6) is -0.445. The van der Waals surface area contributed by atoms with Gasteiger partial charge in [-0.2, -0.15) is 0 Å². The fourth-order valence-electron chi connectivity index (χ4n) is 2.72. The first-order chi connectivity index (χ1) is 9.74. The van der Waals surface area contributed by atoms with Gasteiger partial charge in [-0.3, -0.25) is 4.79 Å². The van der Waals surface area contributed by atoms with Gasteiger partial charge in [0.05, 0.1) is 6.42 Å². The Morgan fingerprint density at radius 3 is 2.29 bits per heavy atom. The molecule has 0 saturated heterocycles. The van der Waals surface area contributed by atoms with Gasteiger partial charge in [0.25, 0.3) is 0 Å². The molecule has 0 radical (unpaired) electrons. The van der Waals surface area contributed by atoms with E-state index in [9.17, 15) is 9.59 Å². The van der Waals surface area contributed by atoms with Gasteiger partial charge in [0.1, 0.15) is 0 Å². The molecule has 1 rings (SSSR count). The molecular weight excluding hydrogens is 270 g/mol. The average Bonchev–Trinajstić information content (AvgIpc) is 2.30. The normalized spacial score (nSPS) is 18.2. The van der Waals surface area contributed by atoms with E-state index in [0.717, 1.165) is 25.8 Å². The topological polar surface area (TPSA) is 81.7 Å². The molecule has 0 aromatic carbocycles. The predicted octanol–water partition coefficient (Wildman–Crippen LogP) is 1.52. The second-order valence-electron chi connectivity index (χ2n) is 6.86. The van der Waals surface area contributed by atoms with Gasteiger partial charge in [-0.25, -0.2) is 4.79 Å². The molecule has 1 unspecified atom stereocenters. The first-order valence-corrected chi connectivity index (χ1v) is 7.65. The second kappa shape index (κ2) is 7.64. The lowest BCUT2D eigenvalue weighted by molar-refractivity contribution is -0.141. The van der Waals surface area contributed by atoms with Crippen LogP contribution in [0.5, 0.6) is 0 Å². The lowest BCUT2D eigenvalue weighted by Crippen LogP contribution is -2.52. The molecule has 1 aliphatic rings. The standard InChI is InChI=1S/C15H29N3O3/c1-11(2)12(9-18(3)4)17-14(21)16-10-15(6-5-7-15)8-13(19)20/h11-12H,5-10H2,1-4H3,(H,19,20)(H2,16,17,21). The lowest BCUT2D eigenvalue weighted by Gasteiger charge is -2.41. The number of urea groups is 1. The molecule has 21 heavy (non-hydrogen) atoms. The highest BCUT2D eigenvalue weighted by Gasteiger charge is 2.39. The number of likely N-dealkylation sites (N-methyl/N-ethyl adjacent to an activating group) is 1. The van der Waals surface area contributed by atoms with Gasteiger partial charge in [0.2, 0.25) is 0 Å². The highest BCUT2D eigenvalue weighted by atomic mass is 16.4. The summed E-state index contributed by atoms with van der Waals surface area (Å²) in [5, 5.41) is 14.8. The minimum absolute atomic E-state index is 0.0804. The largest absolute Gasteiger partial charge is 0.481 e. The lowest BCUT2D eigenvalue weighted by atomic mass is 9.66. The smallest absolute Gasteiger partial charge is 0.315 e. The Morgan fingerprint density at radius 2 is 1.90 bits per heavy atom. The van der Waals surface area contributed by atoms with E-state index in [1.807, 2.05) is 19.0 Å². The Morgan fingerprint density at radius 1 is 1.29 bits per heavy atom. The van der Waals surface area contributed by atoms with Gasteiger partial charge in [0, 0.05) is 19.1 Å². The molecule has 3 N–H and O–H groups in total. The van der Waals surface area contributed by atoms with Gasteiger partial charge >= 0.3 is 12.0 Å². The molecule has 0 spiro atoms. The fraction of sp³-hybridized carbons (Fsp3) is 0.867. The van der Waals surface area contributed by atoms with E-state index < -0.39 is 5.97 Å². The molecular formula is C15H29N3O3. The maximum Gasteiger partial charge on any atom is 0.315 e. The zero-order chi connectivity index (χ0) is 16.0. The van der Waals surface area contributed by atoms with Crippen LogP contribution in [0, 0.1) is 11.3 Å². The summed E-state index contributed by atoms with van der Waals surface area (Å²) in [5.41, 5.74) is -0.238. The third kappa shape index (κ3) is 5.91. The van der Waals surface area contributed by atoms with Crippen molar-refractivity contribution in [2.75, 3.05) is 27.2 Å². The summed E-state index contributed by atoms with van der Waals surface area (Å²) >= 11 is 0. The van der Waals surface area contributed by atoms with E-state index in [1.54, 1.807) is 0 Å². The quantitative estimate of drug-likeness (QED) is 0.634. The molecule has 0 aromatic rings. The van der Waals surface area contributed by atoms with Gasteiger partial charge in [-0.05, 0) is 38.3 Å². The van der Waals surface area contributed by atoms with Crippen LogP contribution in [0.25, 0.3) is 0 Å². The molecule has 0 heterocycles. The number of carboxylic acid groups (broad SMARTS) is 1. The van der Waals surface area contributed by atoms with Gasteiger partial charge < -0.3 is 20.6 Å². The van der Waals surface area contributed by atoms with Crippen LogP contribution in [0.15, 0.2) is 0 Å². The molecule has 0 aliphatic heterocycles. The van der Waals surface area contributed by atoms with E-state index in [-0.39, 0.29) is 23.9 Å². The van der Waals surface area contributed by atoms with Crippen molar-refractivity contribution in [2.45, 2.75) is 45.6 Å². The fourth-order valence-corrected chi connectivity index (χ4v) is 2.72. The van der Waals surface area contributed by atoms with Crippen LogP contribution in [-0.2, 0) is 4.79 Å². The minimum Gasteiger partial charge on any atom is -0.481 e. The predicted molar refractivity (Wildman–Crippen MR) is 82.3 cm³/mol. The van der Waals surface area contributed by atoms with Crippen LogP contribution in [0.3, 0.4) is 0 Å². The summed E-state index contributed by atoms with van der Waals surface area (Å²) in [4.78, 5) is 25.0. The van der Waals surface area contributed by atoms with Gasteiger partial charge in [-0.1, -0.05) is 20.3 Å². The number of amides is 2. The van der Waals surface area contributed by atoms with Crippen molar-refractivity contribution in [2.24, 2.45) is 11.3 Å². The Labute approximate surface area is 127 Å². The van der Waals surface area contributed by atoms with E-state index in [0.29, 0.717) is 12.5 Å². The molecule has 6 heteroatoms. The van der Waals surface area contributed by atoms with Crippen LogP contribution >= 0.6 is 0 Å². The number of nitrogens with one attached hydrogen (secondary N) is 2. The van der Waals surface area contributed by atoms with Crippen LogP contribution in [0.2, 0.25) is 0 Å². The SMILES string of the molecule is CC(C)C(CN(C)C)NC(=O)NCC1(CC(=O)O)CCC1. The first kappa shape index (κ1) is 17.8. The van der Waals surface area contributed by atoms with Crippen molar-refractivity contribution >= 4 is 12.0 Å². The summed E-state index contributed by atoms with van der Waals surface area (Å²) < 4.78 is 0. The van der Waals surface area contributed by atoms with Gasteiger partial charge in [-0.15, -0.1) is 0 Å². The molecule has 1 aliphatic carbocycles. The van der Waals surface area contributed by atoms with E-state index in [2.05, 4.69) is 24.5 Å². The number of aliphatic carboxylic acids is 1. The molecule has 1 atom stereocenters. The second-order valence-corrected chi connectivity index (χ2v) is 6.86. The summed E-state index contributed by atoms with van der Waals surface area (Å²) in [7, 11) is 3.95.